The summed E-state index contributed by atoms with van der Waals surface area (Å²) in [6, 6.07) is 20.1. The van der Waals surface area contributed by atoms with Crippen LogP contribution in [0.2, 0.25) is 0 Å². The Kier molecular flexibility index (Phi) is 6.57. The molecule has 1 aromatic heterocycles. The number of carbonyl (C=O) groups is 1. The summed E-state index contributed by atoms with van der Waals surface area (Å²) >= 11 is 3.41. The molecule has 1 aliphatic heterocycles. The van der Waals surface area contributed by atoms with Gasteiger partial charge < -0.3 is 14.2 Å². The van der Waals surface area contributed by atoms with Crippen molar-refractivity contribution in [1.29, 1.82) is 0 Å². The van der Waals surface area contributed by atoms with E-state index in [9.17, 15) is 18.0 Å². The molecule has 0 unspecified atom stereocenters. The van der Waals surface area contributed by atoms with Crippen LogP contribution in [0.3, 0.4) is 0 Å². The van der Waals surface area contributed by atoms with E-state index in [0.717, 1.165) is 22.2 Å². The second-order valence-corrected chi connectivity index (χ2v) is 9.33. The summed E-state index contributed by atoms with van der Waals surface area (Å²) in [6.45, 7) is 1.64. The number of alkyl halides is 3. The summed E-state index contributed by atoms with van der Waals surface area (Å²) in [5.74, 6) is 0.770. The van der Waals surface area contributed by atoms with Crippen molar-refractivity contribution in [3.8, 4) is 22.8 Å². The van der Waals surface area contributed by atoms with Gasteiger partial charge in [0, 0.05) is 47.5 Å². The van der Waals surface area contributed by atoms with Crippen molar-refractivity contribution in [3.05, 3.63) is 94.6 Å². The third kappa shape index (κ3) is 5.02. The van der Waals surface area contributed by atoms with Crippen molar-refractivity contribution in [2.45, 2.75) is 6.18 Å². The lowest BCUT2D eigenvalue weighted by molar-refractivity contribution is -0.137. The molecule has 1 amide bonds. The molecule has 5 nitrogen and oxygen atoms in total. The molecule has 0 atom stereocenters. The average Bonchev–Trinajstić information content (AvgIpc) is 3.39. The molecule has 4 aromatic rings. The number of halogens is 4. The highest BCUT2D eigenvalue weighted by Crippen LogP contribution is 2.33. The quantitative estimate of drug-likeness (QED) is 0.279. The lowest BCUT2D eigenvalue weighted by Crippen LogP contribution is -2.49. The summed E-state index contributed by atoms with van der Waals surface area (Å²) in [7, 11) is 0. The normalized spacial score (nSPS) is 14.2. The number of anilines is 1. The van der Waals surface area contributed by atoms with E-state index in [1.54, 1.807) is 35.4 Å². The Bertz CT molecular complexity index is 1380. The van der Waals surface area contributed by atoms with Crippen LogP contribution in [0.25, 0.3) is 22.8 Å². The Morgan fingerprint density at radius 1 is 0.917 bits per heavy atom. The highest BCUT2D eigenvalue weighted by Gasteiger charge is 2.31. The first kappa shape index (κ1) is 24.1. The van der Waals surface area contributed by atoms with Crippen molar-refractivity contribution in [1.82, 2.24) is 9.88 Å². The minimum Gasteiger partial charge on any atom is -0.436 e. The Balaban J connectivity index is 1.32. The highest BCUT2D eigenvalue weighted by molar-refractivity contribution is 9.10. The molecule has 0 N–H and O–H groups in total. The van der Waals surface area contributed by atoms with Gasteiger partial charge in [0.2, 0.25) is 5.89 Å². The predicted molar refractivity (Wildman–Crippen MR) is 135 cm³/mol. The summed E-state index contributed by atoms with van der Waals surface area (Å²) in [5.41, 5.74) is 1.74. The molecule has 0 saturated carbocycles. The first-order valence-electron chi connectivity index (χ1n) is 11.3. The summed E-state index contributed by atoms with van der Waals surface area (Å²) in [4.78, 5) is 21.4. The van der Waals surface area contributed by atoms with Gasteiger partial charge in [0.05, 0.1) is 17.3 Å². The van der Waals surface area contributed by atoms with Crippen LogP contribution in [-0.2, 0) is 6.18 Å². The van der Waals surface area contributed by atoms with Gasteiger partial charge in [-0.05, 0) is 42.5 Å². The van der Waals surface area contributed by atoms with Crippen LogP contribution in [0.15, 0.2) is 87.9 Å². The van der Waals surface area contributed by atoms with Gasteiger partial charge in [-0.15, -0.1) is 0 Å². The number of benzene rings is 3. The maximum atomic E-state index is 13.4. The van der Waals surface area contributed by atoms with Crippen LogP contribution in [0.1, 0.15) is 15.9 Å². The number of carbonyl (C=O) groups excluding carboxylic acids is 1. The molecule has 0 bridgehead atoms. The van der Waals surface area contributed by atoms with Crippen molar-refractivity contribution in [2.24, 2.45) is 0 Å². The summed E-state index contributed by atoms with van der Waals surface area (Å²) in [6.07, 6.45) is -2.76. The van der Waals surface area contributed by atoms with E-state index in [-0.39, 0.29) is 5.91 Å². The number of hydrogen-bond donors (Lipinski definition) is 0. The molecule has 184 valence electrons. The third-order valence-electron chi connectivity index (χ3n) is 6.13. The van der Waals surface area contributed by atoms with Crippen LogP contribution in [0.5, 0.6) is 0 Å². The first-order chi connectivity index (χ1) is 17.3. The predicted octanol–water partition coefficient (Wildman–Crippen LogP) is 6.75. The molecule has 9 heteroatoms. The van der Waals surface area contributed by atoms with Gasteiger partial charge in [0.15, 0.2) is 5.76 Å². The number of hydrogen-bond acceptors (Lipinski definition) is 4. The Labute approximate surface area is 214 Å². The van der Waals surface area contributed by atoms with Gasteiger partial charge >= 0.3 is 6.18 Å². The van der Waals surface area contributed by atoms with Gasteiger partial charge in [-0.3, -0.25) is 4.79 Å². The molecule has 2 heterocycles. The molecule has 0 spiro atoms. The maximum absolute atomic E-state index is 13.4. The fourth-order valence-electron chi connectivity index (χ4n) is 4.22. The molecule has 1 aliphatic rings. The second kappa shape index (κ2) is 9.81. The van der Waals surface area contributed by atoms with Crippen molar-refractivity contribution >= 4 is 27.5 Å². The standard InChI is InChI=1S/C27H21BrF3N3O2/c28-20-10-8-18(9-11-20)24-17-32-25(36-24)22-6-1-2-7-23(22)26(35)34-14-12-33(13-15-34)21-5-3-4-19(16-21)27(29,30)31/h1-11,16-17H,12-15H2. The summed E-state index contributed by atoms with van der Waals surface area (Å²) in [5, 5.41) is 0. The Morgan fingerprint density at radius 3 is 2.36 bits per heavy atom. The fraction of sp³-hybridized carbons (Fsp3) is 0.185. The van der Waals surface area contributed by atoms with Crippen molar-refractivity contribution < 1.29 is 22.4 Å². The van der Waals surface area contributed by atoms with Crippen LogP contribution >= 0.6 is 15.9 Å². The topological polar surface area (TPSA) is 49.6 Å². The number of rotatable bonds is 4. The van der Waals surface area contributed by atoms with E-state index >= 15 is 0 Å². The zero-order valence-electron chi connectivity index (χ0n) is 19.0. The van der Waals surface area contributed by atoms with E-state index in [1.807, 2.05) is 35.2 Å². The van der Waals surface area contributed by atoms with Crippen LogP contribution in [-0.4, -0.2) is 42.0 Å². The monoisotopic (exact) mass is 555 g/mol. The van der Waals surface area contributed by atoms with Crippen LogP contribution in [0.4, 0.5) is 18.9 Å². The number of amides is 1. The summed E-state index contributed by atoms with van der Waals surface area (Å²) < 4.78 is 46.2. The first-order valence-corrected chi connectivity index (χ1v) is 12.1. The van der Waals surface area contributed by atoms with Crippen molar-refractivity contribution in [3.63, 3.8) is 0 Å². The highest BCUT2D eigenvalue weighted by atomic mass is 79.9. The number of oxazole rings is 1. The number of nitrogens with zero attached hydrogens (tertiary/aromatic N) is 3. The molecular formula is C27H21BrF3N3O2. The van der Waals surface area contributed by atoms with E-state index < -0.39 is 11.7 Å². The lowest BCUT2D eigenvalue weighted by Gasteiger charge is -2.36. The molecule has 1 fully saturated rings. The average molecular weight is 556 g/mol. The smallest absolute Gasteiger partial charge is 0.416 e. The molecule has 36 heavy (non-hydrogen) atoms. The second-order valence-electron chi connectivity index (χ2n) is 8.41. The molecule has 0 radical (unpaired) electrons. The van der Waals surface area contributed by atoms with E-state index in [1.165, 1.54) is 6.07 Å². The maximum Gasteiger partial charge on any atom is 0.416 e. The Morgan fingerprint density at radius 2 is 1.64 bits per heavy atom. The molecule has 1 saturated heterocycles. The van der Waals surface area contributed by atoms with Crippen LogP contribution in [0, 0.1) is 0 Å². The molecule has 0 aliphatic carbocycles. The zero-order chi connectivity index (χ0) is 25.3. The molecule has 3 aromatic carbocycles. The fourth-order valence-corrected chi connectivity index (χ4v) is 4.48. The molecular weight excluding hydrogens is 535 g/mol. The van der Waals surface area contributed by atoms with E-state index in [4.69, 9.17) is 4.42 Å². The van der Waals surface area contributed by atoms with Crippen LogP contribution < -0.4 is 4.90 Å². The third-order valence-corrected chi connectivity index (χ3v) is 6.66. The number of piperazine rings is 1. The SMILES string of the molecule is O=C(c1ccccc1-c1ncc(-c2ccc(Br)cc2)o1)N1CCN(c2cccc(C(F)(F)F)c2)CC1. The minimum absolute atomic E-state index is 0.169. The van der Waals surface area contributed by atoms with E-state index in [0.29, 0.717) is 54.6 Å². The lowest BCUT2D eigenvalue weighted by atomic mass is 10.1. The van der Waals surface area contributed by atoms with Crippen molar-refractivity contribution in [2.75, 3.05) is 31.1 Å². The largest absolute Gasteiger partial charge is 0.436 e. The molecule has 5 rings (SSSR count). The van der Waals surface area contributed by atoms with Gasteiger partial charge in [-0.25, -0.2) is 4.98 Å². The Hall–Kier alpha value is -3.59. The van der Waals surface area contributed by atoms with E-state index in [2.05, 4.69) is 20.9 Å². The van der Waals surface area contributed by atoms with Gasteiger partial charge in [0.25, 0.3) is 5.91 Å². The van der Waals surface area contributed by atoms with Gasteiger partial charge in [-0.1, -0.05) is 46.3 Å². The minimum atomic E-state index is -4.39. The number of aromatic nitrogens is 1. The van der Waals surface area contributed by atoms with Gasteiger partial charge in [-0.2, -0.15) is 13.2 Å². The zero-order valence-corrected chi connectivity index (χ0v) is 20.6. The van der Waals surface area contributed by atoms with Gasteiger partial charge in [0.1, 0.15) is 0 Å².